The fourth-order valence-electron chi connectivity index (χ4n) is 3.48. The van der Waals surface area contributed by atoms with Gasteiger partial charge in [0.15, 0.2) is 0 Å². The average Bonchev–Trinajstić information content (AvgIpc) is 2.97. The van der Waals surface area contributed by atoms with E-state index in [1.54, 1.807) is 13.8 Å². The Morgan fingerprint density at radius 2 is 1.77 bits per heavy atom. The molecular weight excluding hydrogens is 354 g/mol. The summed E-state index contributed by atoms with van der Waals surface area (Å²) in [6, 6.07) is 11.9. The smallest absolute Gasteiger partial charge is 0.273 e. The van der Waals surface area contributed by atoms with E-state index < -0.39 is 14.9 Å². The molecule has 0 spiro atoms. The second-order valence-corrected chi connectivity index (χ2v) is 8.57. The van der Waals surface area contributed by atoms with E-state index >= 15 is 0 Å². The van der Waals surface area contributed by atoms with Gasteiger partial charge in [-0.1, -0.05) is 30.3 Å². The Labute approximate surface area is 152 Å². The number of nitrogens with two attached hydrogens (primary N) is 1. The summed E-state index contributed by atoms with van der Waals surface area (Å²) in [5.74, 6) is -0.105. The molecule has 0 saturated carbocycles. The molecule has 2 N–H and O–H groups in total. The van der Waals surface area contributed by atoms with Gasteiger partial charge in [-0.05, 0) is 31.0 Å². The Morgan fingerprint density at radius 1 is 1.12 bits per heavy atom. The van der Waals surface area contributed by atoms with Crippen LogP contribution in [-0.4, -0.2) is 36.8 Å². The lowest BCUT2D eigenvalue weighted by Crippen LogP contribution is -2.32. The first-order valence-electron chi connectivity index (χ1n) is 8.28. The number of hydrogen-bond donors (Lipinski definition) is 1. The van der Waals surface area contributed by atoms with Gasteiger partial charge in [-0.2, -0.15) is 4.31 Å². The van der Waals surface area contributed by atoms with E-state index in [1.165, 1.54) is 10.4 Å². The van der Waals surface area contributed by atoms with E-state index in [0.717, 1.165) is 11.6 Å². The first kappa shape index (κ1) is 18.5. The Morgan fingerprint density at radius 3 is 2.38 bits per heavy atom. The summed E-state index contributed by atoms with van der Waals surface area (Å²) in [6.45, 7) is 3.69. The molecule has 2 aromatic carbocycles. The van der Waals surface area contributed by atoms with Crippen LogP contribution in [0.3, 0.4) is 0 Å². The predicted octanol–water partition coefficient (Wildman–Crippen LogP) is 2.33. The van der Waals surface area contributed by atoms with Crippen molar-refractivity contribution >= 4 is 15.7 Å². The number of aryl methyl sites for hydroxylation is 2. The monoisotopic (exact) mass is 375 g/mol. The van der Waals surface area contributed by atoms with Crippen LogP contribution in [0.25, 0.3) is 0 Å². The van der Waals surface area contributed by atoms with Crippen LogP contribution in [0.1, 0.15) is 22.6 Å². The fraction of sp³-hybridized carbons (Fsp3) is 0.333. The molecule has 8 heteroatoms. The van der Waals surface area contributed by atoms with Crippen LogP contribution < -0.4 is 5.73 Å². The predicted molar refractivity (Wildman–Crippen MR) is 98.5 cm³/mol. The molecule has 26 heavy (non-hydrogen) atoms. The van der Waals surface area contributed by atoms with Crippen LogP contribution in [0.5, 0.6) is 0 Å². The molecule has 3 rings (SSSR count). The van der Waals surface area contributed by atoms with Gasteiger partial charge in [-0.3, -0.25) is 10.1 Å². The molecule has 138 valence electrons. The fourth-order valence-corrected chi connectivity index (χ4v) is 5.21. The molecule has 0 aliphatic carbocycles. The Balaban J connectivity index is 1.97. The van der Waals surface area contributed by atoms with E-state index in [1.807, 2.05) is 30.3 Å². The lowest BCUT2D eigenvalue weighted by atomic mass is 9.95. The number of nitro benzene ring substituents is 1. The van der Waals surface area contributed by atoms with Gasteiger partial charge in [0.05, 0.1) is 9.82 Å². The van der Waals surface area contributed by atoms with Crippen molar-refractivity contribution in [1.29, 1.82) is 0 Å². The highest BCUT2D eigenvalue weighted by Gasteiger charge is 2.39. The minimum atomic E-state index is -3.87. The van der Waals surface area contributed by atoms with E-state index in [9.17, 15) is 18.5 Å². The van der Waals surface area contributed by atoms with Crippen molar-refractivity contribution in [3.05, 3.63) is 69.3 Å². The molecule has 0 bridgehead atoms. The summed E-state index contributed by atoms with van der Waals surface area (Å²) >= 11 is 0. The first-order valence-corrected chi connectivity index (χ1v) is 9.72. The van der Waals surface area contributed by atoms with Gasteiger partial charge in [-0.15, -0.1) is 0 Å². The van der Waals surface area contributed by atoms with Crippen molar-refractivity contribution in [3.63, 3.8) is 0 Å². The largest absolute Gasteiger partial charge is 0.326 e. The maximum absolute atomic E-state index is 13.1. The van der Waals surface area contributed by atoms with Gasteiger partial charge in [0.1, 0.15) is 0 Å². The van der Waals surface area contributed by atoms with E-state index in [4.69, 9.17) is 5.73 Å². The Bertz CT molecular complexity index is 944. The SMILES string of the molecule is Cc1cc(C)c(S(=O)(=O)N2C[C@@H](N)[C@H](c3ccccc3)C2)cc1[N+](=O)[O-]. The van der Waals surface area contributed by atoms with Crippen LogP contribution in [0.2, 0.25) is 0 Å². The van der Waals surface area contributed by atoms with Crippen LogP contribution >= 0.6 is 0 Å². The molecule has 0 aromatic heterocycles. The standard InChI is InChI=1S/C18H21N3O4S/c1-12-8-13(2)18(9-17(12)21(22)23)26(24,25)20-10-15(16(19)11-20)14-6-4-3-5-7-14/h3-9,15-16H,10-11,19H2,1-2H3/t15-,16+/m0/s1. The summed E-state index contributed by atoms with van der Waals surface area (Å²) in [7, 11) is -3.87. The van der Waals surface area contributed by atoms with Gasteiger partial charge >= 0.3 is 0 Å². The molecule has 0 amide bonds. The highest BCUT2D eigenvalue weighted by molar-refractivity contribution is 7.89. The van der Waals surface area contributed by atoms with Crippen molar-refractivity contribution in [3.8, 4) is 0 Å². The summed E-state index contributed by atoms with van der Waals surface area (Å²) in [5.41, 5.74) is 7.92. The lowest BCUT2D eigenvalue weighted by Gasteiger charge is -2.18. The van der Waals surface area contributed by atoms with Gasteiger partial charge in [0.2, 0.25) is 10.0 Å². The molecular formula is C18H21N3O4S. The molecule has 1 aliphatic heterocycles. The molecule has 2 atom stereocenters. The second-order valence-electron chi connectivity index (χ2n) is 6.66. The van der Waals surface area contributed by atoms with Gasteiger partial charge in [0.25, 0.3) is 5.69 Å². The van der Waals surface area contributed by atoms with Crippen LogP contribution in [0.4, 0.5) is 5.69 Å². The molecule has 1 heterocycles. The topological polar surface area (TPSA) is 107 Å². The Kier molecular flexibility index (Phi) is 4.83. The van der Waals surface area contributed by atoms with E-state index in [0.29, 0.717) is 11.1 Å². The summed E-state index contributed by atoms with van der Waals surface area (Å²) < 4.78 is 27.6. The summed E-state index contributed by atoms with van der Waals surface area (Å²) in [6.07, 6.45) is 0. The third kappa shape index (κ3) is 3.23. The number of nitrogens with zero attached hydrogens (tertiary/aromatic N) is 2. The Hall–Kier alpha value is -2.29. The zero-order chi connectivity index (χ0) is 19.1. The van der Waals surface area contributed by atoms with Gasteiger partial charge < -0.3 is 5.73 Å². The third-order valence-electron chi connectivity index (χ3n) is 4.87. The normalized spacial score (nSPS) is 21.0. The molecule has 0 unspecified atom stereocenters. The molecule has 2 aromatic rings. The molecule has 1 saturated heterocycles. The lowest BCUT2D eigenvalue weighted by molar-refractivity contribution is -0.385. The maximum atomic E-state index is 13.1. The first-order chi connectivity index (χ1) is 12.2. The molecule has 1 aliphatic rings. The zero-order valence-electron chi connectivity index (χ0n) is 14.6. The molecule has 0 radical (unpaired) electrons. The van der Waals surface area contributed by atoms with Crippen molar-refractivity contribution in [2.24, 2.45) is 5.73 Å². The third-order valence-corrected chi connectivity index (χ3v) is 6.84. The minimum absolute atomic E-state index is 0.0317. The summed E-state index contributed by atoms with van der Waals surface area (Å²) in [4.78, 5) is 10.6. The number of hydrogen-bond acceptors (Lipinski definition) is 5. The number of nitro groups is 1. The highest BCUT2D eigenvalue weighted by Crippen LogP contribution is 2.33. The van der Waals surface area contributed by atoms with Crippen LogP contribution in [0, 0.1) is 24.0 Å². The number of benzene rings is 2. The van der Waals surface area contributed by atoms with Gasteiger partial charge in [0, 0.05) is 36.7 Å². The number of rotatable bonds is 4. The zero-order valence-corrected chi connectivity index (χ0v) is 15.4. The quantitative estimate of drug-likeness (QED) is 0.652. The highest BCUT2D eigenvalue weighted by atomic mass is 32.2. The number of sulfonamides is 1. The van der Waals surface area contributed by atoms with Gasteiger partial charge in [-0.25, -0.2) is 8.42 Å². The van der Waals surface area contributed by atoms with Crippen molar-refractivity contribution in [2.45, 2.75) is 30.7 Å². The van der Waals surface area contributed by atoms with E-state index in [-0.39, 0.29) is 35.6 Å². The van der Waals surface area contributed by atoms with Crippen LogP contribution in [-0.2, 0) is 10.0 Å². The molecule has 7 nitrogen and oxygen atoms in total. The minimum Gasteiger partial charge on any atom is -0.326 e. The van der Waals surface area contributed by atoms with Crippen LogP contribution in [0.15, 0.2) is 47.4 Å². The van der Waals surface area contributed by atoms with Crippen molar-refractivity contribution in [1.82, 2.24) is 4.31 Å². The van der Waals surface area contributed by atoms with Crippen molar-refractivity contribution in [2.75, 3.05) is 13.1 Å². The molecule has 1 fully saturated rings. The van der Waals surface area contributed by atoms with Crippen molar-refractivity contribution < 1.29 is 13.3 Å². The maximum Gasteiger partial charge on any atom is 0.273 e. The van der Waals surface area contributed by atoms with E-state index in [2.05, 4.69) is 0 Å². The summed E-state index contributed by atoms with van der Waals surface area (Å²) in [5, 5.41) is 11.2. The average molecular weight is 375 g/mol. The second kappa shape index (κ2) is 6.79.